The van der Waals surface area contributed by atoms with Crippen LogP contribution in [0, 0.1) is 0 Å². The summed E-state index contributed by atoms with van der Waals surface area (Å²) < 4.78 is 11.6. The highest BCUT2D eigenvalue weighted by Crippen LogP contribution is 2.16. The quantitative estimate of drug-likeness (QED) is 0.572. The molecule has 0 nitrogen and oxygen atoms in total. The van der Waals surface area contributed by atoms with Gasteiger partial charge >= 0.3 is 0 Å². The highest BCUT2D eigenvalue weighted by molar-refractivity contribution is 7.94. The van der Waals surface area contributed by atoms with E-state index in [0.717, 1.165) is 12.8 Å². The standard InChI is InChI=1S/C6H13FS/c1-3-4-5-6(2)8-7/h6H,3-5H2,1-2H3. The van der Waals surface area contributed by atoms with Crippen LogP contribution in [-0.4, -0.2) is 5.25 Å². The third-order valence-electron chi connectivity index (χ3n) is 1.12. The molecule has 0 fully saturated rings. The van der Waals surface area contributed by atoms with Crippen molar-refractivity contribution in [3.63, 3.8) is 0 Å². The molecule has 0 aliphatic rings. The lowest BCUT2D eigenvalue weighted by molar-refractivity contribution is 0.702. The van der Waals surface area contributed by atoms with E-state index < -0.39 is 0 Å². The Balaban J connectivity index is 2.86. The van der Waals surface area contributed by atoms with Crippen molar-refractivity contribution in [2.75, 3.05) is 0 Å². The molecule has 0 aromatic heterocycles. The Morgan fingerprint density at radius 3 is 2.62 bits per heavy atom. The van der Waals surface area contributed by atoms with Crippen molar-refractivity contribution < 1.29 is 3.89 Å². The average molecular weight is 136 g/mol. The first-order valence-electron chi connectivity index (χ1n) is 3.08. The van der Waals surface area contributed by atoms with Gasteiger partial charge in [0.25, 0.3) is 0 Å². The third-order valence-corrected chi connectivity index (χ3v) is 1.66. The molecule has 0 bridgehead atoms. The largest absolute Gasteiger partial charge is 0.165 e. The van der Waals surface area contributed by atoms with Gasteiger partial charge in [0.15, 0.2) is 0 Å². The molecule has 0 aromatic carbocycles. The van der Waals surface area contributed by atoms with E-state index in [9.17, 15) is 3.89 Å². The van der Waals surface area contributed by atoms with Gasteiger partial charge in [0, 0.05) is 17.4 Å². The molecule has 0 aliphatic heterocycles. The van der Waals surface area contributed by atoms with Crippen LogP contribution >= 0.6 is 12.1 Å². The van der Waals surface area contributed by atoms with Crippen LogP contribution < -0.4 is 0 Å². The van der Waals surface area contributed by atoms with Gasteiger partial charge in [-0.1, -0.05) is 26.7 Å². The molecular formula is C6H13FS. The Kier molecular flexibility index (Phi) is 5.61. The Hall–Kier alpha value is 0.280. The highest BCUT2D eigenvalue weighted by atomic mass is 32.2. The van der Waals surface area contributed by atoms with E-state index in [2.05, 4.69) is 6.92 Å². The normalized spacial score (nSPS) is 13.9. The van der Waals surface area contributed by atoms with Crippen molar-refractivity contribution >= 4 is 12.1 Å². The first-order chi connectivity index (χ1) is 3.81. The first-order valence-corrected chi connectivity index (χ1v) is 3.86. The molecule has 8 heavy (non-hydrogen) atoms. The summed E-state index contributed by atoms with van der Waals surface area (Å²) in [6.45, 7) is 4.04. The lowest BCUT2D eigenvalue weighted by Gasteiger charge is -2.00. The van der Waals surface area contributed by atoms with Crippen LogP contribution in [0.1, 0.15) is 33.1 Å². The van der Waals surface area contributed by atoms with E-state index in [4.69, 9.17) is 0 Å². The number of hydrogen-bond donors (Lipinski definition) is 0. The molecule has 1 unspecified atom stereocenters. The van der Waals surface area contributed by atoms with Gasteiger partial charge in [-0.25, -0.2) is 0 Å². The molecule has 0 aromatic rings. The molecule has 0 amide bonds. The van der Waals surface area contributed by atoms with Crippen molar-refractivity contribution in [2.24, 2.45) is 0 Å². The summed E-state index contributed by atoms with van der Waals surface area (Å²) in [6, 6.07) is 0. The zero-order valence-corrected chi connectivity index (χ0v) is 6.30. The second kappa shape index (κ2) is 5.42. The van der Waals surface area contributed by atoms with Gasteiger partial charge in [0.2, 0.25) is 0 Å². The van der Waals surface area contributed by atoms with Gasteiger partial charge in [-0.2, -0.15) is 3.89 Å². The third kappa shape index (κ3) is 4.44. The van der Waals surface area contributed by atoms with Crippen LogP contribution in [0.4, 0.5) is 3.89 Å². The van der Waals surface area contributed by atoms with Crippen molar-refractivity contribution in [3.8, 4) is 0 Å². The minimum atomic E-state index is 0.204. The van der Waals surface area contributed by atoms with Gasteiger partial charge in [0.1, 0.15) is 0 Å². The van der Waals surface area contributed by atoms with Gasteiger partial charge in [0.05, 0.1) is 0 Å². The van der Waals surface area contributed by atoms with Crippen LogP contribution in [0.25, 0.3) is 0 Å². The van der Waals surface area contributed by atoms with E-state index in [1.54, 1.807) is 0 Å². The Morgan fingerprint density at radius 1 is 1.62 bits per heavy atom. The molecule has 2 heteroatoms. The van der Waals surface area contributed by atoms with Crippen LogP contribution in [0.5, 0.6) is 0 Å². The fraction of sp³-hybridized carbons (Fsp3) is 1.00. The Labute approximate surface area is 55.1 Å². The Morgan fingerprint density at radius 2 is 2.25 bits per heavy atom. The maximum absolute atomic E-state index is 11.6. The number of halogens is 1. The van der Waals surface area contributed by atoms with E-state index in [-0.39, 0.29) is 5.25 Å². The maximum atomic E-state index is 11.6. The van der Waals surface area contributed by atoms with Crippen molar-refractivity contribution in [2.45, 2.75) is 38.4 Å². The van der Waals surface area contributed by atoms with Crippen LogP contribution in [0.3, 0.4) is 0 Å². The fourth-order valence-electron chi connectivity index (χ4n) is 0.536. The lowest BCUT2D eigenvalue weighted by atomic mass is 10.2. The highest BCUT2D eigenvalue weighted by Gasteiger charge is 1.98. The summed E-state index contributed by atoms with van der Waals surface area (Å²) >= 11 is 0.465. The summed E-state index contributed by atoms with van der Waals surface area (Å²) in [5.41, 5.74) is 0. The minimum absolute atomic E-state index is 0.204. The Bertz CT molecular complexity index is 47.8. The van der Waals surface area contributed by atoms with Gasteiger partial charge in [-0.15, -0.1) is 0 Å². The molecular weight excluding hydrogens is 123 g/mol. The minimum Gasteiger partial charge on any atom is -0.165 e. The summed E-state index contributed by atoms with van der Waals surface area (Å²) in [4.78, 5) is 0. The van der Waals surface area contributed by atoms with E-state index in [0.29, 0.717) is 12.1 Å². The molecule has 0 rings (SSSR count). The molecule has 50 valence electrons. The van der Waals surface area contributed by atoms with Crippen molar-refractivity contribution in [1.29, 1.82) is 0 Å². The fourth-order valence-corrected chi connectivity index (χ4v) is 0.792. The topological polar surface area (TPSA) is 0 Å². The summed E-state index contributed by atoms with van der Waals surface area (Å²) in [5.74, 6) is 0. The molecule has 0 spiro atoms. The first kappa shape index (κ1) is 8.28. The van der Waals surface area contributed by atoms with Crippen LogP contribution in [-0.2, 0) is 0 Å². The summed E-state index contributed by atoms with van der Waals surface area (Å²) in [5, 5.41) is 0.204. The molecule has 0 saturated heterocycles. The SMILES string of the molecule is CCCCC(C)SF. The maximum Gasteiger partial charge on any atom is 0.0474 e. The average Bonchev–Trinajstić information content (AvgIpc) is 1.83. The van der Waals surface area contributed by atoms with E-state index in [1.165, 1.54) is 6.42 Å². The van der Waals surface area contributed by atoms with Gasteiger partial charge in [-0.05, 0) is 6.42 Å². The molecule has 0 aliphatic carbocycles. The number of unbranched alkanes of at least 4 members (excludes halogenated alkanes) is 1. The number of rotatable bonds is 4. The van der Waals surface area contributed by atoms with Crippen molar-refractivity contribution in [1.82, 2.24) is 0 Å². The van der Waals surface area contributed by atoms with Crippen molar-refractivity contribution in [3.05, 3.63) is 0 Å². The van der Waals surface area contributed by atoms with E-state index in [1.807, 2.05) is 6.92 Å². The number of hydrogen-bond acceptors (Lipinski definition) is 1. The molecule has 0 heterocycles. The molecule has 0 radical (unpaired) electrons. The van der Waals surface area contributed by atoms with Gasteiger partial charge < -0.3 is 0 Å². The van der Waals surface area contributed by atoms with Crippen LogP contribution in [0.2, 0.25) is 0 Å². The molecule has 0 N–H and O–H groups in total. The summed E-state index contributed by atoms with van der Waals surface area (Å²) in [6.07, 6.45) is 3.33. The monoisotopic (exact) mass is 136 g/mol. The second-order valence-corrected chi connectivity index (χ2v) is 3.02. The smallest absolute Gasteiger partial charge is 0.0474 e. The lowest BCUT2D eigenvalue weighted by Crippen LogP contribution is -1.91. The van der Waals surface area contributed by atoms with Gasteiger partial charge in [-0.3, -0.25) is 0 Å². The molecule has 0 saturated carbocycles. The molecule has 1 atom stereocenters. The zero-order chi connectivity index (χ0) is 6.41. The predicted octanol–water partition coefficient (Wildman–Crippen LogP) is 3.18. The summed E-state index contributed by atoms with van der Waals surface area (Å²) in [7, 11) is 0. The van der Waals surface area contributed by atoms with Crippen LogP contribution in [0.15, 0.2) is 0 Å². The zero-order valence-electron chi connectivity index (χ0n) is 5.48. The predicted molar refractivity (Wildman–Crippen MR) is 37.7 cm³/mol. The van der Waals surface area contributed by atoms with E-state index >= 15 is 0 Å². The second-order valence-electron chi connectivity index (χ2n) is 2.04.